The van der Waals surface area contributed by atoms with Gasteiger partial charge in [0, 0.05) is 21.8 Å². The van der Waals surface area contributed by atoms with E-state index >= 15 is 0 Å². The average Bonchev–Trinajstić information content (AvgIpc) is 3.18. The van der Waals surface area contributed by atoms with Gasteiger partial charge in [-0.1, -0.05) is 54.6 Å². The Hall–Kier alpha value is -2.85. The van der Waals surface area contributed by atoms with Crippen molar-refractivity contribution < 1.29 is 4.42 Å². The zero-order valence-corrected chi connectivity index (χ0v) is 14.3. The first kappa shape index (κ1) is 15.7. The Balaban J connectivity index is 1.60. The smallest absolute Gasteiger partial charge is 0.248 e. The van der Waals surface area contributed by atoms with Gasteiger partial charge in [0.05, 0.1) is 0 Å². The molecule has 0 spiro atoms. The van der Waals surface area contributed by atoms with Crippen LogP contribution in [0.4, 0.5) is 0 Å². The topological polar surface area (TPSA) is 38.9 Å². The lowest BCUT2D eigenvalue weighted by molar-refractivity contribution is 0.584. The summed E-state index contributed by atoms with van der Waals surface area (Å²) in [5.74, 6) is 1.95. The molecule has 0 unspecified atom stereocenters. The van der Waals surface area contributed by atoms with Crippen molar-refractivity contribution in [1.82, 2.24) is 10.2 Å². The quantitative estimate of drug-likeness (QED) is 0.436. The molecule has 0 fully saturated rings. The standard InChI is InChI=1S/C21H16N2OS/c1-3-9-16(10-4-1)20-22-23-21(24-20)19-14-8-7-11-17(19)15-25-18-12-5-2-6-13-18/h1-14H,15H2. The molecule has 1 heterocycles. The molecule has 0 saturated heterocycles. The lowest BCUT2D eigenvalue weighted by Crippen LogP contribution is -1.88. The molecule has 3 aromatic carbocycles. The van der Waals surface area contributed by atoms with Crippen LogP contribution in [0.2, 0.25) is 0 Å². The van der Waals surface area contributed by atoms with Crippen LogP contribution in [-0.2, 0) is 5.75 Å². The van der Waals surface area contributed by atoms with Gasteiger partial charge in [0.2, 0.25) is 11.8 Å². The van der Waals surface area contributed by atoms with E-state index in [2.05, 4.69) is 40.5 Å². The first-order chi connectivity index (χ1) is 12.4. The number of thioether (sulfide) groups is 1. The minimum atomic E-state index is 0.543. The van der Waals surface area contributed by atoms with Gasteiger partial charge in [0.25, 0.3) is 0 Å². The monoisotopic (exact) mass is 344 g/mol. The SMILES string of the molecule is c1ccc(SCc2ccccc2-c2nnc(-c3ccccc3)o2)cc1. The van der Waals surface area contributed by atoms with E-state index in [4.69, 9.17) is 4.42 Å². The minimum Gasteiger partial charge on any atom is -0.416 e. The van der Waals surface area contributed by atoms with Crippen molar-refractivity contribution in [3.05, 3.63) is 90.5 Å². The highest BCUT2D eigenvalue weighted by Crippen LogP contribution is 2.30. The van der Waals surface area contributed by atoms with Crippen LogP contribution in [-0.4, -0.2) is 10.2 Å². The Morgan fingerprint density at radius 2 is 1.32 bits per heavy atom. The van der Waals surface area contributed by atoms with Gasteiger partial charge in [0.15, 0.2) is 0 Å². The van der Waals surface area contributed by atoms with Crippen LogP contribution in [0.25, 0.3) is 22.9 Å². The van der Waals surface area contributed by atoms with Crippen molar-refractivity contribution in [3.63, 3.8) is 0 Å². The van der Waals surface area contributed by atoms with Crippen LogP contribution >= 0.6 is 11.8 Å². The van der Waals surface area contributed by atoms with Crippen LogP contribution < -0.4 is 0 Å². The first-order valence-electron chi connectivity index (χ1n) is 8.05. The van der Waals surface area contributed by atoms with Crippen LogP contribution in [0.15, 0.2) is 94.2 Å². The Morgan fingerprint density at radius 1 is 0.680 bits per heavy atom. The maximum atomic E-state index is 5.92. The van der Waals surface area contributed by atoms with Crippen LogP contribution in [0, 0.1) is 0 Å². The van der Waals surface area contributed by atoms with Crippen molar-refractivity contribution >= 4 is 11.8 Å². The molecule has 25 heavy (non-hydrogen) atoms. The second-order valence-corrected chi connectivity index (χ2v) is 6.59. The largest absolute Gasteiger partial charge is 0.416 e. The van der Waals surface area contributed by atoms with Gasteiger partial charge in [-0.3, -0.25) is 0 Å². The normalized spacial score (nSPS) is 10.7. The average molecular weight is 344 g/mol. The Morgan fingerprint density at radius 3 is 2.12 bits per heavy atom. The summed E-state index contributed by atoms with van der Waals surface area (Å²) in [7, 11) is 0. The fourth-order valence-corrected chi connectivity index (χ4v) is 3.49. The molecule has 0 atom stereocenters. The van der Waals surface area contributed by atoms with Crippen molar-refractivity contribution in [2.45, 2.75) is 10.6 Å². The Labute approximate surface area is 150 Å². The molecule has 0 aliphatic rings. The third kappa shape index (κ3) is 3.64. The number of hydrogen-bond donors (Lipinski definition) is 0. The lowest BCUT2D eigenvalue weighted by atomic mass is 10.1. The van der Waals surface area contributed by atoms with E-state index in [1.165, 1.54) is 10.5 Å². The molecule has 4 aromatic rings. The summed E-state index contributed by atoms with van der Waals surface area (Å²) in [5, 5.41) is 8.45. The molecule has 0 saturated carbocycles. The van der Waals surface area contributed by atoms with Crippen molar-refractivity contribution in [1.29, 1.82) is 0 Å². The van der Waals surface area contributed by atoms with Gasteiger partial charge >= 0.3 is 0 Å². The second-order valence-electron chi connectivity index (χ2n) is 5.54. The predicted octanol–water partition coefficient (Wildman–Crippen LogP) is 5.70. The highest BCUT2D eigenvalue weighted by molar-refractivity contribution is 7.98. The van der Waals surface area contributed by atoms with Gasteiger partial charge in [-0.2, -0.15) is 0 Å². The molecule has 0 bridgehead atoms. The third-order valence-corrected chi connectivity index (χ3v) is 4.89. The van der Waals surface area contributed by atoms with E-state index in [9.17, 15) is 0 Å². The first-order valence-corrected chi connectivity index (χ1v) is 9.04. The molecule has 4 heteroatoms. The summed E-state index contributed by atoms with van der Waals surface area (Å²) in [5.41, 5.74) is 3.10. The van der Waals surface area contributed by atoms with E-state index in [1.807, 2.05) is 54.6 Å². The highest BCUT2D eigenvalue weighted by atomic mass is 32.2. The zero-order valence-electron chi connectivity index (χ0n) is 13.5. The van der Waals surface area contributed by atoms with Gasteiger partial charge < -0.3 is 4.42 Å². The molecule has 3 nitrogen and oxygen atoms in total. The van der Waals surface area contributed by atoms with E-state index in [1.54, 1.807) is 11.8 Å². The number of nitrogens with zero attached hydrogens (tertiary/aromatic N) is 2. The number of hydrogen-bond acceptors (Lipinski definition) is 4. The van der Waals surface area contributed by atoms with E-state index in [0.29, 0.717) is 11.8 Å². The maximum absolute atomic E-state index is 5.92. The molecular weight excluding hydrogens is 328 g/mol. The van der Waals surface area contributed by atoms with Gasteiger partial charge in [-0.05, 0) is 35.9 Å². The molecule has 0 aliphatic heterocycles. The number of aromatic nitrogens is 2. The maximum Gasteiger partial charge on any atom is 0.248 e. The molecule has 0 amide bonds. The van der Waals surface area contributed by atoms with E-state index < -0.39 is 0 Å². The fourth-order valence-electron chi connectivity index (χ4n) is 2.56. The van der Waals surface area contributed by atoms with E-state index in [0.717, 1.165) is 16.9 Å². The van der Waals surface area contributed by atoms with Crippen molar-refractivity contribution in [2.75, 3.05) is 0 Å². The third-order valence-electron chi connectivity index (χ3n) is 3.83. The summed E-state index contributed by atoms with van der Waals surface area (Å²) < 4.78 is 5.92. The molecule has 0 N–H and O–H groups in total. The number of benzene rings is 3. The summed E-state index contributed by atoms with van der Waals surface area (Å²) >= 11 is 1.80. The molecule has 122 valence electrons. The molecule has 4 rings (SSSR count). The van der Waals surface area contributed by atoms with Crippen LogP contribution in [0.5, 0.6) is 0 Å². The summed E-state index contributed by atoms with van der Waals surface area (Å²) in [6, 6.07) is 28.4. The second kappa shape index (κ2) is 7.36. The lowest BCUT2D eigenvalue weighted by Gasteiger charge is -2.06. The van der Waals surface area contributed by atoms with E-state index in [-0.39, 0.29) is 0 Å². The van der Waals surface area contributed by atoms with Gasteiger partial charge in [0.1, 0.15) is 0 Å². The predicted molar refractivity (Wildman–Crippen MR) is 101 cm³/mol. The molecule has 0 radical (unpaired) electrons. The summed E-state index contributed by atoms with van der Waals surface area (Å²) in [6.45, 7) is 0. The fraction of sp³-hybridized carbons (Fsp3) is 0.0476. The summed E-state index contributed by atoms with van der Waals surface area (Å²) in [6.07, 6.45) is 0. The molecule has 0 aliphatic carbocycles. The van der Waals surface area contributed by atoms with Crippen LogP contribution in [0.1, 0.15) is 5.56 Å². The minimum absolute atomic E-state index is 0.543. The summed E-state index contributed by atoms with van der Waals surface area (Å²) in [4.78, 5) is 1.24. The Bertz CT molecular complexity index is 952. The van der Waals surface area contributed by atoms with Crippen molar-refractivity contribution in [2.24, 2.45) is 0 Å². The zero-order chi connectivity index (χ0) is 16.9. The van der Waals surface area contributed by atoms with Crippen LogP contribution in [0.3, 0.4) is 0 Å². The van der Waals surface area contributed by atoms with Gasteiger partial charge in [-0.25, -0.2) is 0 Å². The van der Waals surface area contributed by atoms with Crippen molar-refractivity contribution in [3.8, 4) is 22.9 Å². The van der Waals surface area contributed by atoms with Gasteiger partial charge in [-0.15, -0.1) is 22.0 Å². The molecular formula is C21H16N2OS. The Kier molecular flexibility index (Phi) is 4.61. The highest BCUT2D eigenvalue weighted by Gasteiger charge is 2.13. The molecule has 1 aromatic heterocycles. The number of rotatable bonds is 5.